The Kier molecular flexibility index (Phi) is 8.81. The van der Waals surface area contributed by atoms with Gasteiger partial charge >= 0.3 is 11.9 Å². The summed E-state index contributed by atoms with van der Waals surface area (Å²) in [6.07, 6.45) is 9.04. The summed E-state index contributed by atoms with van der Waals surface area (Å²) in [6, 6.07) is 0. The fourth-order valence-electron chi connectivity index (χ4n) is 2.58. The molecule has 1 heterocycles. The van der Waals surface area contributed by atoms with Crippen LogP contribution in [0.15, 0.2) is 0 Å². The van der Waals surface area contributed by atoms with Gasteiger partial charge in [0.15, 0.2) is 5.78 Å². The van der Waals surface area contributed by atoms with E-state index in [0.29, 0.717) is 6.42 Å². The number of carbonyl (C=O) groups is 3. The van der Waals surface area contributed by atoms with E-state index in [-0.39, 0.29) is 6.42 Å². The van der Waals surface area contributed by atoms with Crippen LogP contribution in [0.4, 0.5) is 0 Å². The molecule has 6 heteroatoms. The van der Waals surface area contributed by atoms with Crippen LogP contribution in [0.1, 0.15) is 71.6 Å². The molecular weight excluding hydrogens is 364 g/mol. The number of carbonyl (C=O) groups excluding carboxylic acids is 3. The van der Waals surface area contributed by atoms with E-state index in [4.69, 9.17) is 9.47 Å². The lowest BCUT2D eigenvalue weighted by Gasteiger charge is -2.32. The minimum absolute atomic E-state index is 0.221. The van der Waals surface area contributed by atoms with E-state index < -0.39 is 29.4 Å². The first-order valence-electron chi connectivity index (χ1n) is 8.42. The van der Waals surface area contributed by atoms with E-state index in [1.54, 1.807) is 0 Å². The number of hydrogen-bond donors (Lipinski definition) is 0. The van der Waals surface area contributed by atoms with E-state index in [2.05, 4.69) is 15.9 Å². The number of hydrogen-bond acceptors (Lipinski definition) is 5. The Morgan fingerprint density at radius 3 is 1.83 bits per heavy atom. The van der Waals surface area contributed by atoms with E-state index >= 15 is 0 Å². The number of cyclic esters (lactones) is 2. The molecule has 1 rings (SSSR count). The van der Waals surface area contributed by atoms with Gasteiger partial charge in [-0.05, 0) is 12.8 Å². The minimum Gasteiger partial charge on any atom is -0.422 e. The van der Waals surface area contributed by atoms with Crippen molar-refractivity contribution in [3.05, 3.63) is 0 Å². The molecular formula is C17H27BrO5. The molecule has 1 aliphatic heterocycles. The van der Waals surface area contributed by atoms with Crippen molar-refractivity contribution in [1.82, 2.24) is 0 Å². The monoisotopic (exact) mass is 390 g/mol. The zero-order valence-corrected chi connectivity index (χ0v) is 15.7. The Morgan fingerprint density at radius 1 is 0.913 bits per heavy atom. The maximum Gasteiger partial charge on any atom is 0.331 e. The molecule has 0 saturated carbocycles. The van der Waals surface area contributed by atoms with Gasteiger partial charge in [0.05, 0.1) is 0 Å². The minimum atomic E-state index is -1.40. The third kappa shape index (κ3) is 7.46. The molecule has 0 aliphatic carbocycles. The van der Waals surface area contributed by atoms with Crippen molar-refractivity contribution in [1.29, 1.82) is 0 Å². The average molecular weight is 391 g/mol. The maximum atomic E-state index is 12.0. The number of ether oxygens (including phenoxy) is 2. The van der Waals surface area contributed by atoms with Crippen molar-refractivity contribution in [2.45, 2.75) is 77.4 Å². The van der Waals surface area contributed by atoms with Crippen molar-refractivity contribution in [2.24, 2.45) is 5.92 Å². The maximum absolute atomic E-state index is 12.0. The van der Waals surface area contributed by atoms with E-state index in [0.717, 1.165) is 24.6 Å². The van der Waals surface area contributed by atoms with Crippen LogP contribution in [0, 0.1) is 5.92 Å². The summed E-state index contributed by atoms with van der Waals surface area (Å²) >= 11 is 3.42. The zero-order chi connectivity index (χ0) is 17.3. The second-order valence-electron chi connectivity index (χ2n) is 6.41. The van der Waals surface area contributed by atoms with Gasteiger partial charge in [-0.15, -0.1) is 0 Å². The van der Waals surface area contributed by atoms with Gasteiger partial charge in [-0.1, -0.05) is 54.5 Å². The third-order valence-corrected chi connectivity index (χ3v) is 4.35. The highest BCUT2D eigenvalue weighted by atomic mass is 79.9. The first-order valence-corrected chi connectivity index (χ1v) is 9.54. The van der Waals surface area contributed by atoms with Crippen molar-refractivity contribution in [2.75, 3.05) is 5.33 Å². The van der Waals surface area contributed by atoms with Crippen molar-refractivity contribution in [3.63, 3.8) is 0 Å². The highest BCUT2D eigenvalue weighted by molar-refractivity contribution is 9.09. The predicted octanol–water partition coefficient (Wildman–Crippen LogP) is 3.91. The molecule has 0 radical (unpaired) electrons. The highest BCUT2D eigenvalue weighted by Gasteiger charge is 2.46. The normalized spacial score (nSPS) is 17.7. The molecule has 0 aromatic rings. The lowest BCUT2D eigenvalue weighted by Crippen LogP contribution is -2.49. The standard InChI is InChI=1S/C17H27BrO5/c1-17(2)22-15(20)14(16(21)23-17)13(19)11-9-7-5-3-4-6-8-10-12-18/h14H,3-12H2,1-2H3. The van der Waals surface area contributed by atoms with Crippen LogP contribution in [-0.2, 0) is 23.9 Å². The number of alkyl halides is 1. The van der Waals surface area contributed by atoms with Crippen LogP contribution in [-0.4, -0.2) is 28.8 Å². The van der Waals surface area contributed by atoms with Gasteiger partial charge in [-0.3, -0.25) is 14.4 Å². The van der Waals surface area contributed by atoms with E-state index in [1.807, 2.05) is 0 Å². The molecule has 0 aromatic carbocycles. The molecule has 0 bridgehead atoms. The van der Waals surface area contributed by atoms with Crippen molar-refractivity contribution >= 4 is 33.7 Å². The molecule has 1 saturated heterocycles. The van der Waals surface area contributed by atoms with Gasteiger partial charge in [0.2, 0.25) is 5.92 Å². The zero-order valence-electron chi connectivity index (χ0n) is 14.1. The first kappa shape index (κ1) is 20.1. The Bertz CT molecular complexity index is 399. The van der Waals surface area contributed by atoms with Crippen molar-refractivity contribution in [3.8, 4) is 0 Å². The Labute approximate surface area is 146 Å². The van der Waals surface area contributed by atoms with Crippen LogP contribution in [0.5, 0.6) is 0 Å². The summed E-state index contributed by atoms with van der Waals surface area (Å²) in [7, 11) is 0. The second-order valence-corrected chi connectivity index (χ2v) is 7.20. The van der Waals surface area contributed by atoms with E-state index in [1.165, 1.54) is 39.5 Å². The van der Waals surface area contributed by atoms with Gasteiger partial charge in [0, 0.05) is 25.6 Å². The summed E-state index contributed by atoms with van der Waals surface area (Å²) in [5.41, 5.74) is 0. The molecule has 23 heavy (non-hydrogen) atoms. The number of Topliss-reactive ketones (excluding diaryl/α,β-unsaturated/α-hetero) is 1. The highest BCUT2D eigenvalue weighted by Crippen LogP contribution is 2.25. The largest absolute Gasteiger partial charge is 0.422 e. The first-order chi connectivity index (χ1) is 10.9. The Hall–Kier alpha value is -0.910. The van der Waals surface area contributed by atoms with Gasteiger partial charge < -0.3 is 9.47 Å². The molecule has 0 spiro atoms. The summed E-state index contributed by atoms with van der Waals surface area (Å²) in [4.78, 5) is 35.6. The quantitative estimate of drug-likeness (QED) is 0.231. The SMILES string of the molecule is CC1(C)OC(=O)C(C(=O)CCCCCCCCCCBr)C(=O)O1. The molecule has 1 aliphatic rings. The molecule has 1 fully saturated rings. The summed E-state index contributed by atoms with van der Waals surface area (Å²) in [5.74, 6) is -4.65. The molecule has 0 atom stereocenters. The topological polar surface area (TPSA) is 69.7 Å². The summed E-state index contributed by atoms with van der Waals surface area (Å²) in [5, 5.41) is 1.07. The average Bonchev–Trinajstić information content (AvgIpc) is 2.43. The lowest BCUT2D eigenvalue weighted by molar-refractivity contribution is -0.238. The van der Waals surface area contributed by atoms with Crippen LogP contribution in [0.25, 0.3) is 0 Å². The lowest BCUT2D eigenvalue weighted by atomic mass is 9.97. The fraction of sp³-hybridized carbons (Fsp3) is 0.824. The van der Waals surface area contributed by atoms with E-state index in [9.17, 15) is 14.4 Å². The van der Waals surface area contributed by atoms with Crippen LogP contribution < -0.4 is 0 Å². The Morgan fingerprint density at radius 2 is 1.35 bits per heavy atom. The molecule has 5 nitrogen and oxygen atoms in total. The third-order valence-electron chi connectivity index (χ3n) is 3.79. The molecule has 0 amide bonds. The van der Waals surface area contributed by atoms with Crippen LogP contribution in [0.2, 0.25) is 0 Å². The molecule has 132 valence electrons. The summed E-state index contributed by atoms with van der Waals surface area (Å²) < 4.78 is 9.93. The predicted molar refractivity (Wildman–Crippen MR) is 90.1 cm³/mol. The fourth-order valence-corrected chi connectivity index (χ4v) is 2.98. The molecule has 0 aromatic heterocycles. The van der Waals surface area contributed by atoms with Gasteiger partial charge in [-0.25, -0.2) is 0 Å². The number of ketones is 1. The van der Waals surface area contributed by atoms with Crippen LogP contribution >= 0.6 is 15.9 Å². The number of esters is 2. The number of unbranched alkanes of at least 4 members (excludes halogenated alkanes) is 7. The second kappa shape index (κ2) is 10.1. The van der Waals surface area contributed by atoms with Crippen molar-refractivity contribution < 1.29 is 23.9 Å². The van der Waals surface area contributed by atoms with Gasteiger partial charge in [0.25, 0.3) is 5.79 Å². The molecule has 0 unspecified atom stereocenters. The summed E-state index contributed by atoms with van der Waals surface area (Å²) in [6.45, 7) is 2.95. The number of halogens is 1. The molecule has 0 N–H and O–H groups in total. The van der Waals surface area contributed by atoms with Gasteiger partial charge in [-0.2, -0.15) is 0 Å². The number of rotatable bonds is 11. The Balaban J connectivity index is 2.17. The smallest absolute Gasteiger partial charge is 0.331 e. The van der Waals surface area contributed by atoms with Crippen LogP contribution in [0.3, 0.4) is 0 Å². The van der Waals surface area contributed by atoms with Gasteiger partial charge in [0.1, 0.15) is 0 Å².